The van der Waals surface area contributed by atoms with Gasteiger partial charge in [-0.3, -0.25) is 0 Å². The van der Waals surface area contributed by atoms with Crippen LogP contribution in [0.5, 0.6) is 0 Å². The fourth-order valence-electron chi connectivity index (χ4n) is 1.46. The van der Waals surface area contributed by atoms with Gasteiger partial charge in [0.1, 0.15) is 0 Å². The van der Waals surface area contributed by atoms with E-state index in [1.807, 2.05) is 0 Å². The minimum atomic E-state index is 0. The topological polar surface area (TPSA) is 0 Å². The van der Waals surface area contributed by atoms with Crippen molar-refractivity contribution in [1.29, 1.82) is 0 Å². The third-order valence-electron chi connectivity index (χ3n) is 3.57. The molecule has 0 N–H and O–H groups in total. The maximum absolute atomic E-state index is 4.02. The van der Waals surface area contributed by atoms with E-state index in [0.29, 0.717) is 5.41 Å². The first kappa shape index (κ1) is 18.5. The summed E-state index contributed by atoms with van der Waals surface area (Å²) in [6, 6.07) is 0. The monoisotopic (exact) mass is 285 g/mol. The molecular weight excluding hydrogens is 257 g/mol. The molecule has 0 rings (SSSR count). The minimum Gasteiger partial charge on any atom is -0.345 e. The van der Waals surface area contributed by atoms with Crippen molar-refractivity contribution in [3.05, 3.63) is 13.3 Å². The van der Waals surface area contributed by atoms with Crippen LogP contribution in [0.3, 0.4) is 0 Å². The molecule has 0 spiro atoms. The first-order valence-electron chi connectivity index (χ1n) is 6.06. The maximum Gasteiger partial charge on any atom is 0 e. The summed E-state index contributed by atoms with van der Waals surface area (Å²) in [6.07, 6.45) is 7.36. The van der Waals surface area contributed by atoms with E-state index in [9.17, 15) is 0 Å². The van der Waals surface area contributed by atoms with E-state index < -0.39 is 0 Å². The molecule has 0 aliphatic heterocycles. The third-order valence-corrected chi connectivity index (χ3v) is 3.57. The molecule has 0 saturated carbocycles. The van der Waals surface area contributed by atoms with Gasteiger partial charge in [-0.25, -0.2) is 6.42 Å². The molecule has 0 aliphatic carbocycles. The van der Waals surface area contributed by atoms with Crippen LogP contribution < -0.4 is 0 Å². The van der Waals surface area contributed by atoms with Crippen LogP contribution >= 0.6 is 0 Å². The predicted molar refractivity (Wildman–Crippen MR) is 65.9 cm³/mol. The van der Waals surface area contributed by atoms with Gasteiger partial charge < -0.3 is 13.3 Å². The Hall–Kier alpha value is 1.10. The Labute approximate surface area is 123 Å². The van der Waals surface area contributed by atoms with E-state index in [1.54, 1.807) is 0 Å². The van der Waals surface area contributed by atoms with Gasteiger partial charge in [0.15, 0.2) is 0 Å². The standard InChI is InChI=1S/C14H28.Y/c1-7-9-13(8-2)10-11-14(5,6)12(3)4;/h10,12-13H,2,7-9,11H2,1,3-6H3;/q-2;. The van der Waals surface area contributed by atoms with Crippen LogP contribution in [0.15, 0.2) is 0 Å². The molecule has 0 aromatic carbocycles. The molecule has 0 heterocycles. The van der Waals surface area contributed by atoms with Crippen molar-refractivity contribution < 1.29 is 32.7 Å². The molecule has 1 atom stereocenters. The molecule has 0 aliphatic rings. The fourth-order valence-corrected chi connectivity index (χ4v) is 1.46. The van der Waals surface area contributed by atoms with Gasteiger partial charge in [-0.15, -0.1) is 0 Å². The molecule has 1 unspecified atom stereocenters. The van der Waals surface area contributed by atoms with Crippen LogP contribution in [0.2, 0.25) is 0 Å². The molecule has 0 saturated heterocycles. The van der Waals surface area contributed by atoms with Crippen LogP contribution in [0.25, 0.3) is 0 Å². The number of rotatable bonds is 7. The second-order valence-corrected chi connectivity index (χ2v) is 5.42. The Morgan fingerprint density at radius 1 is 1.27 bits per heavy atom. The Kier molecular flexibility index (Phi) is 11.3. The smallest absolute Gasteiger partial charge is 0 e. The summed E-state index contributed by atoms with van der Waals surface area (Å²) in [5, 5.41) is 0. The minimum absolute atomic E-state index is 0. The largest absolute Gasteiger partial charge is 0.345 e. The van der Waals surface area contributed by atoms with Crippen LogP contribution in [-0.4, -0.2) is 0 Å². The van der Waals surface area contributed by atoms with E-state index >= 15 is 0 Å². The van der Waals surface area contributed by atoms with Gasteiger partial charge in [0, 0.05) is 32.7 Å². The molecule has 0 nitrogen and oxygen atoms in total. The van der Waals surface area contributed by atoms with Crippen molar-refractivity contribution in [3.63, 3.8) is 0 Å². The number of hydrogen-bond acceptors (Lipinski definition) is 0. The Morgan fingerprint density at radius 3 is 2.13 bits per heavy atom. The van der Waals surface area contributed by atoms with Gasteiger partial charge in [-0.1, -0.05) is 52.9 Å². The SMILES string of the molecule is [CH2-]CC([CH-]CC(C)(C)C(C)C)CCC.[Y]. The summed E-state index contributed by atoms with van der Waals surface area (Å²) < 4.78 is 0. The van der Waals surface area contributed by atoms with E-state index in [2.05, 4.69) is 48.0 Å². The first-order chi connectivity index (χ1) is 6.44. The average molecular weight is 285 g/mol. The molecule has 0 amide bonds. The van der Waals surface area contributed by atoms with Crippen molar-refractivity contribution in [1.82, 2.24) is 0 Å². The molecule has 15 heavy (non-hydrogen) atoms. The van der Waals surface area contributed by atoms with Crippen LogP contribution in [0, 0.1) is 30.6 Å². The number of hydrogen-bond donors (Lipinski definition) is 0. The quantitative estimate of drug-likeness (QED) is 0.583. The van der Waals surface area contributed by atoms with Crippen LogP contribution in [0.4, 0.5) is 0 Å². The van der Waals surface area contributed by atoms with Crippen molar-refractivity contribution in [2.75, 3.05) is 0 Å². The van der Waals surface area contributed by atoms with E-state index in [4.69, 9.17) is 0 Å². The molecule has 0 fully saturated rings. The van der Waals surface area contributed by atoms with Gasteiger partial charge in [0.05, 0.1) is 0 Å². The van der Waals surface area contributed by atoms with E-state index in [-0.39, 0.29) is 32.7 Å². The maximum atomic E-state index is 4.02. The van der Waals surface area contributed by atoms with Gasteiger partial charge in [-0.05, 0) is 5.92 Å². The Morgan fingerprint density at radius 2 is 1.80 bits per heavy atom. The van der Waals surface area contributed by atoms with Crippen molar-refractivity contribution in [2.45, 2.75) is 60.3 Å². The normalized spacial score (nSPS) is 13.8. The molecule has 0 bridgehead atoms. The summed E-state index contributed by atoms with van der Waals surface area (Å²) in [4.78, 5) is 0. The summed E-state index contributed by atoms with van der Waals surface area (Å²) in [5.74, 6) is 1.49. The van der Waals surface area contributed by atoms with Crippen molar-refractivity contribution in [2.24, 2.45) is 17.3 Å². The fraction of sp³-hybridized carbons (Fsp3) is 0.857. The molecule has 0 aromatic heterocycles. The first-order valence-corrected chi connectivity index (χ1v) is 6.06. The predicted octanol–water partition coefficient (Wildman–Crippen LogP) is 4.90. The second-order valence-electron chi connectivity index (χ2n) is 5.42. The van der Waals surface area contributed by atoms with Gasteiger partial charge in [0.2, 0.25) is 0 Å². The summed E-state index contributed by atoms with van der Waals surface area (Å²) in [6.45, 7) is 15.6. The van der Waals surface area contributed by atoms with Crippen LogP contribution in [-0.2, 0) is 32.7 Å². The second kappa shape index (κ2) is 9.17. The van der Waals surface area contributed by atoms with Gasteiger partial charge >= 0.3 is 0 Å². The van der Waals surface area contributed by atoms with Crippen LogP contribution in [0.1, 0.15) is 60.3 Å². The summed E-state index contributed by atoms with van der Waals surface area (Å²) in [5.41, 5.74) is 0.446. The molecular formula is C14H28Y-2. The Balaban J connectivity index is 0. The molecule has 0 aromatic rings. The molecule has 1 radical (unpaired) electrons. The van der Waals surface area contributed by atoms with Crippen molar-refractivity contribution in [3.8, 4) is 0 Å². The Bertz CT molecular complexity index is 138. The van der Waals surface area contributed by atoms with Gasteiger partial charge in [0.25, 0.3) is 0 Å². The zero-order valence-corrected chi connectivity index (χ0v) is 14.2. The van der Waals surface area contributed by atoms with E-state index in [1.165, 1.54) is 19.3 Å². The summed E-state index contributed by atoms with van der Waals surface area (Å²) >= 11 is 0. The summed E-state index contributed by atoms with van der Waals surface area (Å²) in [7, 11) is 0. The zero-order chi connectivity index (χ0) is 11.2. The zero-order valence-electron chi connectivity index (χ0n) is 11.3. The average Bonchev–Trinajstić information content (AvgIpc) is 2.12. The molecule has 89 valence electrons. The van der Waals surface area contributed by atoms with Crippen molar-refractivity contribution >= 4 is 0 Å². The molecule has 1 heteroatoms. The van der Waals surface area contributed by atoms with E-state index in [0.717, 1.165) is 18.3 Å². The third kappa shape index (κ3) is 7.91. The van der Waals surface area contributed by atoms with Gasteiger partial charge in [-0.2, -0.15) is 12.3 Å².